The first kappa shape index (κ1) is 10.3. The number of hydrogen-bond acceptors (Lipinski definition) is 2. The zero-order valence-electron chi connectivity index (χ0n) is 7.15. The lowest BCUT2D eigenvalue weighted by atomic mass is 9.77. The molecule has 1 heterocycles. The van der Waals surface area contributed by atoms with Crippen LogP contribution in [0.5, 0.6) is 0 Å². The predicted molar refractivity (Wildman–Crippen MR) is 46.7 cm³/mol. The van der Waals surface area contributed by atoms with E-state index >= 15 is 0 Å². The Kier molecular flexibility index (Phi) is 2.99. The molecule has 1 nitrogen and oxygen atoms in total. The maximum Gasteiger partial charge on any atom is 0.253 e. The minimum Gasteiger partial charge on any atom is -0.396 e. The molecule has 72 valence electrons. The Morgan fingerprint density at radius 1 is 1.42 bits per heavy atom. The second-order valence-electron chi connectivity index (χ2n) is 3.44. The summed E-state index contributed by atoms with van der Waals surface area (Å²) in [6, 6.07) is 0. The van der Waals surface area contributed by atoms with Gasteiger partial charge in [0.05, 0.1) is 12.0 Å². The number of aliphatic hydroxyl groups excluding tert-OH is 1. The lowest BCUT2D eigenvalue weighted by Crippen LogP contribution is -2.44. The summed E-state index contributed by atoms with van der Waals surface area (Å²) in [5, 5.41) is 8.99. The Morgan fingerprint density at radius 3 is 2.17 bits per heavy atom. The normalized spacial score (nSPS) is 24.0. The van der Waals surface area contributed by atoms with Crippen LogP contribution in [0.15, 0.2) is 0 Å². The molecule has 0 spiro atoms. The molecule has 0 unspecified atom stereocenters. The van der Waals surface area contributed by atoms with Crippen molar-refractivity contribution in [1.82, 2.24) is 0 Å². The van der Waals surface area contributed by atoms with Crippen LogP contribution in [-0.2, 0) is 0 Å². The predicted octanol–water partition coefficient (Wildman–Crippen LogP) is 2.15. The van der Waals surface area contributed by atoms with Crippen LogP contribution in [-0.4, -0.2) is 29.1 Å². The van der Waals surface area contributed by atoms with Gasteiger partial charge in [-0.15, -0.1) is 0 Å². The number of hydrogen-bond donors (Lipinski definition) is 1. The number of alkyl halides is 2. The van der Waals surface area contributed by atoms with Crippen molar-refractivity contribution in [2.24, 2.45) is 5.41 Å². The van der Waals surface area contributed by atoms with Crippen LogP contribution in [0.3, 0.4) is 0 Å². The van der Waals surface area contributed by atoms with Crippen LogP contribution in [0, 0.1) is 5.41 Å². The number of rotatable bonds is 2. The van der Waals surface area contributed by atoms with E-state index in [1.807, 2.05) is 0 Å². The van der Waals surface area contributed by atoms with Gasteiger partial charge in [0.2, 0.25) is 0 Å². The van der Waals surface area contributed by atoms with E-state index in [9.17, 15) is 8.78 Å². The van der Waals surface area contributed by atoms with E-state index in [-0.39, 0.29) is 0 Å². The molecule has 0 bridgehead atoms. The number of aliphatic hydroxyl groups is 1. The molecule has 0 aromatic rings. The summed E-state index contributed by atoms with van der Waals surface area (Å²) in [4.78, 5) is 0. The van der Waals surface area contributed by atoms with Gasteiger partial charge in [-0.25, -0.2) is 8.78 Å². The van der Waals surface area contributed by atoms with E-state index in [1.54, 1.807) is 11.8 Å². The largest absolute Gasteiger partial charge is 0.396 e. The van der Waals surface area contributed by atoms with Crippen LogP contribution in [0.4, 0.5) is 8.78 Å². The molecule has 1 N–H and O–H groups in total. The van der Waals surface area contributed by atoms with Crippen LogP contribution >= 0.6 is 11.8 Å². The van der Waals surface area contributed by atoms with Crippen LogP contribution < -0.4 is 0 Å². The SMILES string of the molecule is CC(F)(F)C1(CO)CCSCC1. The van der Waals surface area contributed by atoms with Crippen molar-refractivity contribution in [2.45, 2.75) is 25.7 Å². The van der Waals surface area contributed by atoms with Crippen molar-refractivity contribution in [1.29, 1.82) is 0 Å². The average molecular weight is 196 g/mol. The molecule has 0 amide bonds. The van der Waals surface area contributed by atoms with E-state index in [4.69, 9.17) is 5.11 Å². The van der Waals surface area contributed by atoms with E-state index < -0.39 is 17.9 Å². The maximum absolute atomic E-state index is 13.1. The molecule has 0 aromatic carbocycles. The van der Waals surface area contributed by atoms with Crippen LogP contribution in [0.1, 0.15) is 19.8 Å². The average Bonchev–Trinajstić information content (AvgIpc) is 2.04. The Hall–Kier alpha value is 0.170. The number of halogens is 2. The molecular formula is C8H14F2OS. The summed E-state index contributed by atoms with van der Waals surface area (Å²) in [6.45, 7) is 0.524. The Labute approximate surface area is 75.5 Å². The minimum atomic E-state index is -2.75. The third kappa shape index (κ3) is 1.74. The fourth-order valence-corrected chi connectivity index (χ4v) is 2.77. The smallest absolute Gasteiger partial charge is 0.253 e. The molecule has 1 rings (SSSR count). The fourth-order valence-electron chi connectivity index (χ4n) is 1.50. The third-order valence-electron chi connectivity index (χ3n) is 2.68. The third-order valence-corrected chi connectivity index (χ3v) is 3.67. The van der Waals surface area contributed by atoms with Gasteiger partial charge in [-0.1, -0.05) is 0 Å². The molecule has 4 heteroatoms. The molecule has 1 aliphatic rings. The minimum absolute atomic E-state index is 0.392. The molecule has 0 aliphatic carbocycles. The van der Waals surface area contributed by atoms with Crippen molar-refractivity contribution in [3.05, 3.63) is 0 Å². The molecule has 0 aromatic heterocycles. The first-order chi connectivity index (χ1) is 5.52. The van der Waals surface area contributed by atoms with Crippen molar-refractivity contribution >= 4 is 11.8 Å². The molecule has 12 heavy (non-hydrogen) atoms. The Bertz CT molecular complexity index is 150. The first-order valence-corrected chi connectivity index (χ1v) is 5.24. The maximum atomic E-state index is 13.1. The molecular weight excluding hydrogens is 182 g/mol. The van der Waals surface area contributed by atoms with Gasteiger partial charge in [0.1, 0.15) is 0 Å². The van der Waals surface area contributed by atoms with Crippen LogP contribution in [0.2, 0.25) is 0 Å². The zero-order valence-corrected chi connectivity index (χ0v) is 7.96. The topological polar surface area (TPSA) is 20.2 Å². The summed E-state index contributed by atoms with van der Waals surface area (Å²) < 4.78 is 26.2. The lowest BCUT2D eigenvalue weighted by molar-refractivity contribution is -0.133. The van der Waals surface area contributed by atoms with Gasteiger partial charge in [0.15, 0.2) is 0 Å². The summed E-state index contributed by atoms with van der Waals surface area (Å²) in [7, 11) is 0. The van der Waals surface area contributed by atoms with Gasteiger partial charge in [-0.3, -0.25) is 0 Å². The van der Waals surface area contributed by atoms with Crippen molar-refractivity contribution in [3.63, 3.8) is 0 Å². The summed E-state index contributed by atoms with van der Waals surface area (Å²) >= 11 is 1.68. The highest BCUT2D eigenvalue weighted by Crippen LogP contribution is 2.46. The second-order valence-corrected chi connectivity index (χ2v) is 4.66. The first-order valence-electron chi connectivity index (χ1n) is 4.08. The van der Waals surface area contributed by atoms with Gasteiger partial charge < -0.3 is 5.11 Å². The standard InChI is InChI=1S/C8H14F2OS/c1-7(9,10)8(6-11)2-4-12-5-3-8/h11H,2-6H2,1H3. The summed E-state index contributed by atoms with van der Waals surface area (Å²) in [6.07, 6.45) is 0.856. The fraction of sp³-hybridized carbons (Fsp3) is 1.00. The summed E-state index contributed by atoms with van der Waals surface area (Å²) in [5.74, 6) is -1.27. The van der Waals surface area contributed by atoms with Crippen molar-refractivity contribution < 1.29 is 13.9 Å². The van der Waals surface area contributed by atoms with E-state index in [2.05, 4.69) is 0 Å². The van der Waals surface area contributed by atoms with Gasteiger partial charge in [0, 0.05) is 0 Å². The molecule has 0 saturated carbocycles. The quantitative estimate of drug-likeness (QED) is 0.730. The molecule has 0 atom stereocenters. The van der Waals surface area contributed by atoms with Gasteiger partial charge in [-0.05, 0) is 31.3 Å². The van der Waals surface area contributed by atoms with Gasteiger partial charge >= 0.3 is 0 Å². The second kappa shape index (κ2) is 3.50. The summed E-state index contributed by atoms with van der Waals surface area (Å²) in [5.41, 5.74) is -1.14. The number of thioether (sulfide) groups is 1. The molecule has 1 fully saturated rings. The van der Waals surface area contributed by atoms with Crippen LogP contribution in [0.25, 0.3) is 0 Å². The lowest BCUT2D eigenvalue weighted by Gasteiger charge is -2.39. The van der Waals surface area contributed by atoms with Crippen molar-refractivity contribution in [2.75, 3.05) is 18.1 Å². The van der Waals surface area contributed by atoms with Gasteiger partial charge in [0.25, 0.3) is 5.92 Å². The molecule has 1 aliphatic heterocycles. The Balaban J connectivity index is 2.73. The van der Waals surface area contributed by atoms with E-state index in [0.29, 0.717) is 12.8 Å². The zero-order chi connectivity index (χ0) is 9.24. The Morgan fingerprint density at radius 2 is 1.92 bits per heavy atom. The van der Waals surface area contributed by atoms with E-state index in [1.165, 1.54) is 0 Å². The highest BCUT2D eigenvalue weighted by atomic mass is 32.2. The van der Waals surface area contributed by atoms with Gasteiger partial charge in [-0.2, -0.15) is 11.8 Å². The highest BCUT2D eigenvalue weighted by molar-refractivity contribution is 7.99. The molecule has 0 radical (unpaired) electrons. The monoisotopic (exact) mass is 196 g/mol. The van der Waals surface area contributed by atoms with E-state index in [0.717, 1.165) is 18.4 Å². The highest BCUT2D eigenvalue weighted by Gasteiger charge is 2.49. The van der Waals surface area contributed by atoms with Crippen molar-refractivity contribution in [3.8, 4) is 0 Å². The molecule has 1 saturated heterocycles.